The number of carboxylic acids is 1. The summed E-state index contributed by atoms with van der Waals surface area (Å²) in [5, 5.41) is 11.4. The molecule has 0 saturated carbocycles. The lowest BCUT2D eigenvalue weighted by atomic mass is 10.1. The van der Waals surface area contributed by atoms with Gasteiger partial charge in [-0.3, -0.25) is 9.59 Å². The summed E-state index contributed by atoms with van der Waals surface area (Å²) in [4.78, 5) is 36.8. The average molecular weight is 370 g/mol. The van der Waals surface area contributed by atoms with Gasteiger partial charge in [-0.25, -0.2) is 9.18 Å². The number of benzene rings is 2. The molecule has 0 aliphatic carbocycles. The van der Waals surface area contributed by atoms with Crippen LogP contribution in [-0.2, 0) is 17.9 Å². The van der Waals surface area contributed by atoms with Crippen LogP contribution >= 0.6 is 0 Å². The first kappa shape index (κ1) is 18.6. The standard InChI is InChI=1S/C20H19FN2O4/c21-17-10-13(20(26)27)7-8-16(17)19(25)22-9-3-6-18(24)23-11-14-4-1-2-5-15(14)12-23/h1-2,4-5,7-8,10H,3,6,9,11-12H2,(H,22,25)(H,26,27). The molecule has 0 fully saturated rings. The summed E-state index contributed by atoms with van der Waals surface area (Å²) in [6.45, 7) is 1.43. The number of hydrogen-bond acceptors (Lipinski definition) is 3. The molecule has 3 rings (SSSR count). The molecular formula is C20H19FN2O4. The Morgan fingerprint density at radius 1 is 1.07 bits per heavy atom. The van der Waals surface area contributed by atoms with Crippen molar-refractivity contribution in [2.75, 3.05) is 6.54 Å². The fraction of sp³-hybridized carbons (Fsp3) is 0.250. The van der Waals surface area contributed by atoms with E-state index in [0.717, 1.165) is 23.3 Å². The van der Waals surface area contributed by atoms with Crippen molar-refractivity contribution in [1.29, 1.82) is 0 Å². The Morgan fingerprint density at radius 2 is 1.74 bits per heavy atom. The van der Waals surface area contributed by atoms with Gasteiger partial charge in [-0.15, -0.1) is 0 Å². The van der Waals surface area contributed by atoms with Crippen LogP contribution in [0.5, 0.6) is 0 Å². The van der Waals surface area contributed by atoms with Crippen LogP contribution in [0.25, 0.3) is 0 Å². The average Bonchev–Trinajstić information content (AvgIpc) is 3.09. The summed E-state index contributed by atoms with van der Waals surface area (Å²) in [5.74, 6) is -2.77. The second kappa shape index (κ2) is 7.99. The number of amides is 2. The van der Waals surface area contributed by atoms with E-state index in [1.165, 1.54) is 6.07 Å². The molecule has 0 bridgehead atoms. The van der Waals surface area contributed by atoms with Gasteiger partial charge in [0.1, 0.15) is 5.82 Å². The van der Waals surface area contributed by atoms with Gasteiger partial charge in [0.05, 0.1) is 11.1 Å². The Balaban J connectivity index is 1.44. The van der Waals surface area contributed by atoms with E-state index < -0.39 is 17.7 Å². The van der Waals surface area contributed by atoms with Crippen molar-refractivity contribution >= 4 is 17.8 Å². The highest BCUT2D eigenvalue weighted by Crippen LogP contribution is 2.22. The summed E-state index contributed by atoms with van der Waals surface area (Å²) in [6.07, 6.45) is 0.723. The molecule has 140 valence electrons. The van der Waals surface area contributed by atoms with E-state index in [2.05, 4.69) is 5.32 Å². The lowest BCUT2D eigenvalue weighted by molar-refractivity contribution is -0.131. The Bertz CT molecular complexity index is 872. The maximum absolute atomic E-state index is 13.8. The molecule has 0 aromatic heterocycles. The fourth-order valence-corrected chi connectivity index (χ4v) is 3.04. The van der Waals surface area contributed by atoms with Gasteiger partial charge in [0.2, 0.25) is 5.91 Å². The van der Waals surface area contributed by atoms with Crippen LogP contribution in [0.1, 0.15) is 44.7 Å². The Kier molecular flexibility index (Phi) is 5.49. The van der Waals surface area contributed by atoms with Crippen LogP contribution in [0.15, 0.2) is 42.5 Å². The maximum Gasteiger partial charge on any atom is 0.335 e. The normalized spacial score (nSPS) is 12.6. The molecule has 27 heavy (non-hydrogen) atoms. The number of hydrogen-bond donors (Lipinski definition) is 2. The van der Waals surface area contributed by atoms with Gasteiger partial charge in [0.25, 0.3) is 5.91 Å². The van der Waals surface area contributed by atoms with Crippen molar-refractivity contribution in [2.24, 2.45) is 0 Å². The maximum atomic E-state index is 13.8. The third-order valence-electron chi connectivity index (χ3n) is 4.51. The smallest absolute Gasteiger partial charge is 0.335 e. The Morgan fingerprint density at radius 3 is 2.33 bits per heavy atom. The first-order valence-electron chi connectivity index (χ1n) is 8.61. The van der Waals surface area contributed by atoms with E-state index in [-0.39, 0.29) is 30.0 Å². The molecule has 0 radical (unpaired) electrons. The zero-order chi connectivity index (χ0) is 19.4. The second-order valence-electron chi connectivity index (χ2n) is 6.38. The molecule has 2 aromatic rings. The minimum Gasteiger partial charge on any atom is -0.478 e. The number of halogens is 1. The fourth-order valence-electron chi connectivity index (χ4n) is 3.04. The molecule has 6 nitrogen and oxygen atoms in total. The molecular weight excluding hydrogens is 351 g/mol. The van der Waals surface area contributed by atoms with E-state index in [9.17, 15) is 18.8 Å². The van der Waals surface area contributed by atoms with Gasteiger partial charge < -0.3 is 15.3 Å². The van der Waals surface area contributed by atoms with Gasteiger partial charge in [0, 0.05) is 26.1 Å². The molecule has 1 aliphatic heterocycles. The van der Waals surface area contributed by atoms with Crippen LogP contribution in [0.4, 0.5) is 4.39 Å². The van der Waals surface area contributed by atoms with E-state index in [1.54, 1.807) is 4.90 Å². The van der Waals surface area contributed by atoms with Crippen LogP contribution in [0.3, 0.4) is 0 Å². The largest absolute Gasteiger partial charge is 0.478 e. The summed E-state index contributed by atoms with van der Waals surface area (Å²) in [5.41, 5.74) is 1.86. The SMILES string of the molecule is O=C(O)c1ccc(C(=O)NCCCC(=O)N2Cc3ccccc3C2)c(F)c1. The lowest BCUT2D eigenvalue weighted by Gasteiger charge is -2.15. The van der Waals surface area contributed by atoms with E-state index in [4.69, 9.17) is 5.11 Å². The van der Waals surface area contributed by atoms with Crippen molar-refractivity contribution in [2.45, 2.75) is 25.9 Å². The van der Waals surface area contributed by atoms with Gasteiger partial charge in [0.15, 0.2) is 0 Å². The van der Waals surface area contributed by atoms with Gasteiger partial charge in [-0.05, 0) is 35.7 Å². The minimum atomic E-state index is -1.26. The number of aromatic carboxylic acids is 1. The highest BCUT2D eigenvalue weighted by atomic mass is 19.1. The molecule has 2 amide bonds. The number of carboxylic acid groups (broad SMARTS) is 1. The van der Waals surface area contributed by atoms with Crippen molar-refractivity contribution in [1.82, 2.24) is 10.2 Å². The summed E-state index contributed by atoms with van der Waals surface area (Å²) in [7, 11) is 0. The molecule has 0 atom stereocenters. The topological polar surface area (TPSA) is 86.7 Å². The summed E-state index contributed by atoms with van der Waals surface area (Å²) < 4.78 is 13.8. The molecule has 1 heterocycles. The highest BCUT2D eigenvalue weighted by Gasteiger charge is 2.22. The second-order valence-corrected chi connectivity index (χ2v) is 6.38. The minimum absolute atomic E-state index is 0.0115. The first-order chi connectivity index (χ1) is 13.0. The van der Waals surface area contributed by atoms with E-state index in [0.29, 0.717) is 19.5 Å². The predicted molar refractivity (Wildman–Crippen MR) is 95.6 cm³/mol. The van der Waals surface area contributed by atoms with Crippen LogP contribution in [0.2, 0.25) is 0 Å². The predicted octanol–water partition coefficient (Wildman–Crippen LogP) is 2.58. The van der Waals surface area contributed by atoms with Crippen LogP contribution < -0.4 is 5.32 Å². The van der Waals surface area contributed by atoms with Crippen LogP contribution in [-0.4, -0.2) is 34.3 Å². The molecule has 0 unspecified atom stereocenters. The van der Waals surface area contributed by atoms with Crippen molar-refractivity contribution in [3.8, 4) is 0 Å². The van der Waals surface area contributed by atoms with Crippen molar-refractivity contribution in [3.05, 3.63) is 70.5 Å². The highest BCUT2D eigenvalue weighted by molar-refractivity contribution is 5.96. The molecule has 0 spiro atoms. The zero-order valence-electron chi connectivity index (χ0n) is 14.6. The van der Waals surface area contributed by atoms with Crippen molar-refractivity contribution in [3.63, 3.8) is 0 Å². The molecule has 1 aliphatic rings. The molecule has 0 saturated heterocycles. The molecule has 7 heteroatoms. The monoisotopic (exact) mass is 370 g/mol. The third kappa shape index (κ3) is 4.31. The number of nitrogens with one attached hydrogen (secondary N) is 1. The Labute approximate surface area is 155 Å². The zero-order valence-corrected chi connectivity index (χ0v) is 14.6. The quantitative estimate of drug-likeness (QED) is 0.765. The Hall–Kier alpha value is -3.22. The van der Waals surface area contributed by atoms with E-state index >= 15 is 0 Å². The lowest BCUT2D eigenvalue weighted by Crippen LogP contribution is -2.28. The number of nitrogens with zero attached hydrogens (tertiary/aromatic N) is 1. The van der Waals surface area contributed by atoms with Gasteiger partial charge in [-0.2, -0.15) is 0 Å². The summed E-state index contributed by atoms with van der Waals surface area (Å²) in [6, 6.07) is 11.0. The first-order valence-corrected chi connectivity index (χ1v) is 8.61. The molecule has 2 aromatic carbocycles. The number of carbonyl (C=O) groups excluding carboxylic acids is 2. The van der Waals surface area contributed by atoms with Gasteiger partial charge >= 0.3 is 5.97 Å². The number of fused-ring (bicyclic) bond motifs is 1. The van der Waals surface area contributed by atoms with Crippen LogP contribution in [0, 0.1) is 5.82 Å². The number of carbonyl (C=O) groups is 3. The van der Waals surface area contributed by atoms with E-state index in [1.807, 2.05) is 24.3 Å². The number of rotatable bonds is 6. The van der Waals surface area contributed by atoms with Crippen molar-refractivity contribution < 1.29 is 23.9 Å². The third-order valence-corrected chi connectivity index (χ3v) is 4.51. The summed E-state index contributed by atoms with van der Waals surface area (Å²) >= 11 is 0. The van der Waals surface area contributed by atoms with Gasteiger partial charge in [-0.1, -0.05) is 24.3 Å². The molecule has 2 N–H and O–H groups in total.